The lowest BCUT2D eigenvalue weighted by atomic mass is 9.87. The van der Waals surface area contributed by atoms with Crippen LogP contribution in [0.3, 0.4) is 0 Å². The average molecular weight is 348 g/mol. The molecule has 2 aromatic carbocycles. The van der Waals surface area contributed by atoms with E-state index in [1.165, 1.54) is 6.07 Å². The maximum absolute atomic E-state index is 13.4. The van der Waals surface area contributed by atoms with Crippen LogP contribution in [-0.4, -0.2) is 19.2 Å². The van der Waals surface area contributed by atoms with Gasteiger partial charge in [-0.1, -0.05) is 32.9 Å². The van der Waals surface area contributed by atoms with Gasteiger partial charge < -0.3 is 15.4 Å². The van der Waals surface area contributed by atoms with E-state index in [0.717, 1.165) is 17.4 Å². The Hall–Kier alpha value is -2.63. The van der Waals surface area contributed by atoms with Crippen molar-refractivity contribution in [2.24, 2.45) is 0 Å². The van der Waals surface area contributed by atoms with Gasteiger partial charge in [0, 0.05) is 6.07 Å². The molecule has 25 heavy (non-hydrogen) atoms. The average Bonchev–Trinajstić information content (AvgIpc) is 2.54. The maximum Gasteiger partial charge on any atom is 0.319 e. The van der Waals surface area contributed by atoms with Crippen LogP contribution < -0.4 is 15.4 Å². The van der Waals surface area contributed by atoms with E-state index >= 15 is 0 Å². The summed E-state index contributed by atoms with van der Waals surface area (Å²) in [6, 6.07) is 10.1. The van der Waals surface area contributed by atoms with Crippen molar-refractivity contribution in [2.75, 3.05) is 18.5 Å². The summed E-state index contributed by atoms with van der Waals surface area (Å²) in [4.78, 5) is 11.7. The number of carbonyl (C=O) groups excluding carboxylic acids is 1. The molecule has 0 radical (unpaired) electrons. The molecule has 2 N–H and O–H groups in total. The van der Waals surface area contributed by atoms with Gasteiger partial charge in [0.15, 0.2) is 0 Å². The van der Waals surface area contributed by atoms with Gasteiger partial charge in [-0.15, -0.1) is 0 Å². The van der Waals surface area contributed by atoms with Crippen LogP contribution in [0.25, 0.3) is 0 Å². The van der Waals surface area contributed by atoms with Crippen molar-refractivity contribution in [1.29, 1.82) is 0 Å². The van der Waals surface area contributed by atoms with Gasteiger partial charge in [0.25, 0.3) is 0 Å². The van der Waals surface area contributed by atoms with E-state index in [2.05, 4.69) is 31.4 Å². The van der Waals surface area contributed by atoms with Gasteiger partial charge in [-0.25, -0.2) is 13.6 Å². The highest BCUT2D eigenvalue weighted by Gasteiger charge is 2.14. The number of nitrogens with one attached hydrogen (secondary N) is 2. The van der Waals surface area contributed by atoms with Crippen LogP contribution in [-0.2, 0) is 5.41 Å². The first-order valence-electron chi connectivity index (χ1n) is 7.99. The molecule has 134 valence electrons. The fourth-order valence-electron chi connectivity index (χ4n) is 2.14. The SMILES string of the molecule is CC(C)(C)c1cccc(OCCNC(=O)Nc2ccc(F)cc2F)c1. The molecule has 2 rings (SSSR count). The number of amides is 2. The smallest absolute Gasteiger partial charge is 0.319 e. The zero-order valence-electron chi connectivity index (χ0n) is 14.5. The van der Waals surface area contributed by atoms with Crippen LogP contribution >= 0.6 is 0 Å². The highest BCUT2D eigenvalue weighted by molar-refractivity contribution is 5.89. The van der Waals surface area contributed by atoms with Crippen molar-refractivity contribution in [3.05, 3.63) is 59.7 Å². The number of carbonyl (C=O) groups is 1. The van der Waals surface area contributed by atoms with Crippen LogP contribution in [0.4, 0.5) is 19.3 Å². The van der Waals surface area contributed by atoms with E-state index in [1.54, 1.807) is 0 Å². The summed E-state index contributed by atoms with van der Waals surface area (Å²) < 4.78 is 31.9. The molecule has 0 fully saturated rings. The standard InChI is InChI=1S/C19H22F2N2O2/c1-19(2,3)13-5-4-6-15(11-13)25-10-9-22-18(24)23-17-8-7-14(20)12-16(17)21/h4-8,11-12H,9-10H2,1-3H3,(H2,22,23,24). The number of halogens is 2. The molecule has 0 atom stereocenters. The van der Waals surface area contributed by atoms with Crippen molar-refractivity contribution in [2.45, 2.75) is 26.2 Å². The molecule has 0 bridgehead atoms. The van der Waals surface area contributed by atoms with Gasteiger partial charge in [0.2, 0.25) is 0 Å². The van der Waals surface area contributed by atoms with Crippen LogP contribution in [0, 0.1) is 11.6 Å². The molecule has 2 aromatic rings. The Morgan fingerprint density at radius 3 is 2.56 bits per heavy atom. The molecule has 4 nitrogen and oxygen atoms in total. The van der Waals surface area contributed by atoms with Gasteiger partial charge in [-0.05, 0) is 35.2 Å². The minimum Gasteiger partial charge on any atom is -0.492 e. The lowest BCUT2D eigenvalue weighted by Crippen LogP contribution is -2.32. The van der Waals surface area contributed by atoms with E-state index < -0.39 is 17.7 Å². The topological polar surface area (TPSA) is 50.4 Å². The van der Waals surface area contributed by atoms with Gasteiger partial charge in [-0.3, -0.25) is 0 Å². The number of ether oxygens (including phenoxy) is 1. The van der Waals surface area contributed by atoms with E-state index in [-0.39, 0.29) is 24.3 Å². The summed E-state index contributed by atoms with van der Waals surface area (Å²) in [5.41, 5.74) is 1.09. The molecule has 0 heterocycles. The quantitative estimate of drug-likeness (QED) is 0.784. The minimum absolute atomic E-state index is 0.0245. The van der Waals surface area contributed by atoms with E-state index in [1.807, 2.05) is 24.3 Å². The first-order valence-corrected chi connectivity index (χ1v) is 7.99. The molecule has 0 aliphatic heterocycles. The fourth-order valence-corrected chi connectivity index (χ4v) is 2.14. The summed E-state index contributed by atoms with van der Waals surface area (Å²) in [5, 5.41) is 4.87. The maximum atomic E-state index is 13.4. The summed E-state index contributed by atoms with van der Waals surface area (Å²) in [6.07, 6.45) is 0. The predicted molar refractivity (Wildman–Crippen MR) is 94.0 cm³/mol. The fraction of sp³-hybridized carbons (Fsp3) is 0.316. The third-order valence-corrected chi connectivity index (χ3v) is 3.54. The van der Waals surface area contributed by atoms with Crippen molar-refractivity contribution in [3.8, 4) is 5.75 Å². The lowest BCUT2D eigenvalue weighted by Gasteiger charge is -2.19. The van der Waals surface area contributed by atoms with Gasteiger partial charge in [-0.2, -0.15) is 0 Å². The molecule has 0 aliphatic rings. The Labute approximate surface area is 146 Å². The number of anilines is 1. The first-order chi connectivity index (χ1) is 11.8. The van der Waals surface area contributed by atoms with E-state index in [9.17, 15) is 13.6 Å². The molecule has 0 aliphatic carbocycles. The zero-order chi connectivity index (χ0) is 18.4. The number of rotatable bonds is 5. The monoisotopic (exact) mass is 348 g/mol. The van der Waals surface area contributed by atoms with Gasteiger partial charge in [0.1, 0.15) is 24.0 Å². The van der Waals surface area contributed by atoms with E-state index in [0.29, 0.717) is 6.07 Å². The van der Waals surface area contributed by atoms with Crippen molar-refractivity contribution in [3.63, 3.8) is 0 Å². The third kappa shape index (κ3) is 5.74. The Morgan fingerprint density at radius 2 is 1.88 bits per heavy atom. The normalized spacial score (nSPS) is 11.1. The van der Waals surface area contributed by atoms with Crippen molar-refractivity contribution in [1.82, 2.24) is 5.32 Å². The molecule has 2 amide bonds. The second-order valence-electron chi connectivity index (χ2n) is 6.63. The number of hydrogen-bond donors (Lipinski definition) is 2. The molecule has 0 saturated carbocycles. The molecule has 6 heteroatoms. The van der Waals surface area contributed by atoms with Crippen molar-refractivity contribution < 1.29 is 18.3 Å². The van der Waals surface area contributed by atoms with Crippen LogP contribution in [0.5, 0.6) is 5.75 Å². The first kappa shape index (κ1) is 18.7. The molecule has 0 unspecified atom stereocenters. The molecule has 0 spiro atoms. The van der Waals surface area contributed by atoms with E-state index in [4.69, 9.17) is 4.74 Å². The highest BCUT2D eigenvalue weighted by atomic mass is 19.1. The molecular formula is C19H22F2N2O2. The second kappa shape index (κ2) is 7.96. The largest absolute Gasteiger partial charge is 0.492 e. The zero-order valence-corrected chi connectivity index (χ0v) is 14.5. The number of hydrogen-bond acceptors (Lipinski definition) is 2. The Bertz CT molecular complexity index is 742. The van der Waals surface area contributed by atoms with Crippen molar-refractivity contribution >= 4 is 11.7 Å². The van der Waals surface area contributed by atoms with Crippen LogP contribution in [0.1, 0.15) is 26.3 Å². The third-order valence-electron chi connectivity index (χ3n) is 3.54. The molecular weight excluding hydrogens is 326 g/mol. The Balaban J connectivity index is 1.78. The number of benzene rings is 2. The second-order valence-corrected chi connectivity index (χ2v) is 6.63. The summed E-state index contributed by atoms with van der Waals surface area (Å²) in [5.74, 6) is -0.807. The predicted octanol–water partition coefficient (Wildman–Crippen LogP) is 4.46. The number of urea groups is 1. The minimum atomic E-state index is -0.828. The van der Waals surface area contributed by atoms with Gasteiger partial charge in [0.05, 0.1) is 12.2 Å². The summed E-state index contributed by atoms with van der Waals surface area (Å²) >= 11 is 0. The summed E-state index contributed by atoms with van der Waals surface area (Å²) in [7, 11) is 0. The molecule has 0 aromatic heterocycles. The van der Waals surface area contributed by atoms with Gasteiger partial charge >= 0.3 is 6.03 Å². The Kier molecular flexibility index (Phi) is 5.96. The summed E-state index contributed by atoms with van der Waals surface area (Å²) in [6.45, 7) is 6.87. The lowest BCUT2D eigenvalue weighted by molar-refractivity contribution is 0.247. The Morgan fingerprint density at radius 1 is 1.12 bits per heavy atom. The van der Waals surface area contributed by atoms with Crippen LogP contribution in [0.2, 0.25) is 0 Å². The molecule has 0 saturated heterocycles. The highest BCUT2D eigenvalue weighted by Crippen LogP contribution is 2.25. The van der Waals surface area contributed by atoms with Crippen LogP contribution in [0.15, 0.2) is 42.5 Å².